The second-order valence-electron chi connectivity index (χ2n) is 6.42. The highest BCUT2D eigenvalue weighted by Gasteiger charge is 2.15. The Morgan fingerprint density at radius 2 is 2.03 bits per heavy atom. The number of halogens is 3. The Labute approximate surface area is 194 Å². The summed E-state index contributed by atoms with van der Waals surface area (Å²) in [5, 5.41) is 12.9. The van der Waals surface area contributed by atoms with Crippen LogP contribution in [-0.2, 0) is 13.2 Å². The number of aromatic nitrogens is 2. The van der Waals surface area contributed by atoms with Crippen LogP contribution in [-0.4, -0.2) is 36.4 Å². The van der Waals surface area contributed by atoms with E-state index in [1.807, 2.05) is 0 Å². The molecule has 1 amide bonds. The van der Waals surface area contributed by atoms with Gasteiger partial charge >= 0.3 is 0 Å². The molecule has 0 atom stereocenters. The summed E-state index contributed by atoms with van der Waals surface area (Å²) < 4.78 is 29.3. The molecule has 9 nitrogen and oxygen atoms in total. The molecular formula is C20H22Cl2FN5O4. The van der Waals surface area contributed by atoms with E-state index >= 15 is 0 Å². The standard InChI is InChI=1S/C20H21ClFN5O4.ClH/c1-29-16-9-12(10-24-6-7-25-20(28)17-19(23)27-31-26-17)8-14(21)18(16)30-11-13-4-2-3-5-15(13)22;/h2-5,8-9,24H,6-7,10-11H2,1H3,(H2,23,27)(H,25,28);1H. The van der Waals surface area contributed by atoms with Gasteiger partial charge in [0.05, 0.1) is 12.1 Å². The molecule has 0 aliphatic rings. The maximum atomic E-state index is 13.8. The molecular weight excluding hydrogens is 464 g/mol. The van der Waals surface area contributed by atoms with Crippen LogP contribution in [0.3, 0.4) is 0 Å². The van der Waals surface area contributed by atoms with Crippen molar-refractivity contribution < 1.29 is 23.3 Å². The molecule has 0 aliphatic carbocycles. The number of carbonyl (C=O) groups is 1. The van der Waals surface area contributed by atoms with Gasteiger partial charge in [0.25, 0.3) is 5.91 Å². The third-order valence-electron chi connectivity index (χ3n) is 4.26. The van der Waals surface area contributed by atoms with Gasteiger partial charge in [-0.3, -0.25) is 4.79 Å². The molecule has 0 bridgehead atoms. The number of nitrogens with one attached hydrogen (secondary N) is 2. The summed E-state index contributed by atoms with van der Waals surface area (Å²) in [6, 6.07) is 9.85. The number of hydrogen-bond acceptors (Lipinski definition) is 8. The summed E-state index contributed by atoms with van der Waals surface area (Å²) in [6.07, 6.45) is 0. The number of amides is 1. The minimum Gasteiger partial charge on any atom is -0.493 e. The molecule has 0 radical (unpaired) electrons. The van der Waals surface area contributed by atoms with Crippen molar-refractivity contribution in [1.29, 1.82) is 0 Å². The monoisotopic (exact) mass is 485 g/mol. The molecule has 2 aromatic carbocycles. The summed E-state index contributed by atoms with van der Waals surface area (Å²) in [5.41, 5.74) is 6.67. The van der Waals surface area contributed by atoms with E-state index in [2.05, 4.69) is 25.6 Å². The number of carbonyl (C=O) groups excluding carboxylic acids is 1. The summed E-state index contributed by atoms with van der Waals surface area (Å²) in [5.74, 6) is -0.121. The van der Waals surface area contributed by atoms with E-state index < -0.39 is 5.91 Å². The number of nitrogens with zero attached hydrogens (tertiary/aromatic N) is 2. The Balaban J connectivity index is 0.00000363. The van der Waals surface area contributed by atoms with Gasteiger partial charge in [0.2, 0.25) is 11.5 Å². The fraction of sp³-hybridized carbons (Fsp3) is 0.250. The van der Waals surface area contributed by atoms with Gasteiger partial charge in [-0.2, -0.15) is 0 Å². The van der Waals surface area contributed by atoms with Crippen LogP contribution in [0.15, 0.2) is 41.0 Å². The maximum Gasteiger partial charge on any atom is 0.277 e. The fourth-order valence-corrected chi connectivity index (χ4v) is 3.00. The van der Waals surface area contributed by atoms with Crippen LogP contribution in [0.1, 0.15) is 21.6 Å². The summed E-state index contributed by atoms with van der Waals surface area (Å²) in [4.78, 5) is 11.9. The number of benzene rings is 2. The zero-order chi connectivity index (χ0) is 22.2. The summed E-state index contributed by atoms with van der Waals surface area (Å²) >= 11 is 6.36. The summed E-state index contributed by atoms with van der Waals surface area (Å²) in [6.45, 7) is 1.29. The smallest absolute Gasteiger partial charge is 0.277 e. The fourth-order valence-electron chi connectivity index (χ4n) is 2.71. The van der Waals surface area contributed by atoms with Crippen molar-refractivity contribution in [2.24, 2.45) is 0 Å². The lowest BCUT2D eigenvalue weighted by Crippen LogP contribution is -2.32. The van der Waals surface area contributed by atoms with Gasteiger partial charge in [-0.25, -0.2) is 9.02 Å². The van der Waals surface area contributed by atoms with Crippen LogP contribution < -0.4 is 25.8 Å². The zero-order valence-corrected chi connectivity index (χ0v) is 18.6. The number of rotatable bonds is 10. The van der Waals surface area contributed by atoms with Crippen molar-refractivity contribution in [2.75, 3.05) is 25.9 Å². The second-order valence-corrected chi connectivity index (χ2v) is 6.83. The van der Waals surface area contributed by atoms with E-state index in [9.17, 15) is 9.18 Å². The van der Waals surface area contributed by atoms with Crippen molar-refractivity contribution in [3.8, 4) is 11.5 Å². The van der Waals surface area contributed by atoms with E-state index in [-0.39, 0.29) is 36.3 Å². The number of nitrogens with two attached hydrogens (primary N) is 1. The van der Waals surface area contributed by atoms with Crippen LogP contribution in [0.25, 0.3) is 0 Å². The van der Waals surface area contributed by atoms with E-state index in [1.165, 1.54) is 13.2 Å². The van der Waals surface area contributed by atoms with Gasteiger partial charge in [0.1, 0.15) is 12.4 Å². The third kappa shape index (κ3) is 6.46. The Kier molecular flexibility index (Phi) is 9.51. The lowest BCUT2D eigenvalue weighted by Gasteiger charge is -2.15. The Morgan fingerprint density at radius 3 is 2.72 bits per heavy atom. The summed E-state index contributed by atoms with van der Waals surface area (Å²) in [7, 11) is 1.50. The van der Waals surface area contributed by atoms with Gasteiger partial charge in [0, 0.05) is 25.2 Å². The van der Waals surface area contributed by atoms with E-state index in [1.54, 1.807) is 30.3 Å². The molecule has 1 heterocycles. The number of anilines is 1. The van der Waals surface area contributed by atoms with Crippen molar-refractivity contribution in [1.82, 2.24) is 20.9 Å². The number of methoxy groups -OCH3 is 1. The van der Waals surface area contributed by atoms with Gasteiger partial charge < -0.3 is 25.8 Å². The SMILES string of the molecule is COc1cc(CNCCNC(=O)c2nonc2N)cc(Cl)c1OCc1ccccc1F.Cl. The average molecular weight is 486 g/mol. The highest BCUT2D eigenvalue weighted by molar-refractivity contribution is 6.32. The number of ether oxygens (including phenoxy) is 2. The highest BCUT2D eigenvalue weighted by Crippen LogP contribution is 2.37. The molecule has 172 valence electrons. The van der Waals surface area contributed by atoms with Gasteiger partial charge in [-0.15, -0.1) is 12.4 Å². The largest absolute Gasteiger partial charge is 0.493 e. The first-order valence-electron chi connectivity index (χ1n) is 9.29. The van der Waals surface area contributed by atoms with Crippen molar-refractivity contribution in [3.05, 3.63) is 64.1 Å². The highest BCUT2D eigenvalue weighted by atomic mass is 35.5. The Bertz CT molecular complexity index is 1050. The predicted molar refractivity (Wildman–Crippen MR) is 119 cm³/mol. The van der Waals surface area contributed by atoms with Crippen LogP contribution in [0.4, 0.5) is 10.2 Å². The third-order valence-corrected chi connectivity index (χ3v) is 4.55. The topological polar surface area (TPSA) is 125 Å². The molecule has 0 spiro atoms. The molecule has 32 heavy (non-hydrogen) atoms. The van der Waals surface area contributed by atoms with Crippen LogP contribution >= 0.6 is 24.0 Å². The number of nitrogen functional groups attached to an aromatic ring is 1. The van der Waals surface area contributed by atoms with E-state index in [0.29, 0.717) is 41.7 Å². The van der Waals surface area contributed by atoms with Crippen molar-refractivity contribution in [2.45, 2.75) is 13.2 Å². The van der Waals surface area contributed by atoms with Crippen molar-refractivity contribution >= 4 is 35.7 Å². The van der Waals surface area contributed by atoms with Crippen LogP contribution in [0.5, 0.6) is 11.5 Å². The molecule has 0 saturated carbocycles. The van der Waals surface area contributed by atoms with E-state index in [4.69, 9.17) is 26.8 Å². The first-order chi connectivity index (χ1) is 15.0. The van der Waals surface area contributed by atoms with Crippen LogP contribution in [0, 0.1) is 5.82 Å². The molecule has 0 fully saturated rings. The minimum absolute atomic E-state index is 0. The lowest BCUT2D eigenvalue weighted by molar-refractivity contribution is 0.0944. The van der Waals surface area contributed by atoms with Crippen LogP contribution in [0.2, 0.25) is 5.02 Å². The number of hydrogen-bond donors (Lipinski definition) is 3. The molecule has 12 heteroatoms. The average Bonchev–Trinajstić information content (AvgIpc) is 3.19. The second kappa shape index (κ2) is 12.1. The molecule has 0 unspecified atom stereocenters. The Hall–Kier alpha value is -3.08. The zero-order valence-electron chi connectivity index (χ0n) is 17.1. The van der Waals surface area contributed by atoms with Gasteiger partial charge in [0.15, 0.2) is 11.5 Å². The molecule has 0 aliphatic heterocycles. The molecule has 3 rings (SSSR count). The quantitative estimate of drug-likeness (QED) is 0.374. The van der Waals surface area contributed by atoms with Gasteiger partial charge in [-0.1, -0.05) is 29.8 Å². The van der Waals surface area contributed by atoms with Crippen molar-refractivity contribution in [3.63, 3.8) is 0 Å². The molecule has 0 saturated heterocycles. The maximum absolute atomic E-state index is 13.8. The first kappa shape index (κ1) is 25.2. The normalized spacial score (nSPS) is 10.3. The van der Waals surface area contributed by atoms with E-state index in [0.717, 1.165) is 5.56 Å². The lowest BCUT2D eigenvalue weighted by atomic mass is 10.2. The minimum atomic E-state index is -0.471. The first-order valence-corrected chi connectivity index (χ1v) is 9.67. The molecule has 3 aromatic rings. The Morgan fingerprint density at radius 1 is 1.25 bits per heavy atom. The predicted octanol–water partition coefficient (Wildman–Crippen LogP) is 2.97. The van der Waals surface area contributed by atoms with Gasteiger partial charge in [-0.05, 0) is 34.1 Å². The molecule has 4 N–H and O–H groups in total. The molecule has 1 aromatic heterocycles.